The standard InChI is InChI=1S/C13H22O/c14-13(10-11-6-5-7-11)12-8-3-1-2-4-9-12/h11-12H,1-10H2. The largest absolute Gasteiger partial charge is 0.299 e. The lowest BCUT2D eigenvalue weighted by molar-refractivity contribution is -0.124. The van der Waals surface area contributed by atoms with Crippen LogP contribution in [-0.4, -0.2) is 5.78 Å². The zero-order valence-corrected chi connectivity index (χ0v) is 9.13. The molecule has 0 amide bonds. The van der Waals surface area contributed by atoms with Crippen molar-refractivity contribution in [1.82, 2.24) is 0 Å². The quantitative estimate of drug-likeness (QED) is 0.626. The molecule has 2 rings (SSSR count). The number of carbonyl (C=O) groups is 1. The molecular formula is C13H22O. The fourth-order valence-corrected chi connectivity index (χ4v) is 2.75. The van der Waals surface area contributed by atoms with Crippen LogP contribution in [0.25, 0.3) is 0 Å². The van der Waals surface area contributed by atoms with E-state index >= 15 is 0 Å². The molecule has 0 N–H and O–H groups in total. The number of rotatable bonds is 3. The molecule has 2 fully saturated rings. The van der Waals surface area contributed by atoms with E-state index < -0.39 is 0 Å². The third-order valence-electron chi connectivity index (χ3n) is 4.03. The Labute approximate surface area is 87.3 Å². The van der Waals surface area contributed by atoms with Crippen LogP contribution in [0.3, 0.4) is 0 Å². The van der Waals surface area contributed by atoms with Crippen LogP contribution >= 0.6 is 0 Å². The SMILES string of the molecule is O=C(CC1CCC1)C1CCCCCC1. The second-order valence-electron chi connectivity index (χ2n) is 5.16. The normalized spacial score (nSPS) is 25.4. The average Bonchev–Trinajstić information content (AvgIpc) is 2.38. The van der Waals surface area contributed by atoms with Gasteiger partial charge in [0.25, 0.3) is 0 Å². The van der Waals surface area contributed by atoms with Crippen LogP contribution in [0.5, 0.6) is 0 Å². The molecule has 0 heterocycles. The van der Waals surface area contributed by atoms with Gasteiger partial charge >= 0.3 is 0 Å². The predicted molar refractivity (Wildman–Crippen MR) is 58.2 cm³/mol. The Kier molecular flexibility index (Phi) is 3.61. The van der Waals surface area contributed by atoms with Crippen molar-refractivity contribution in [3.05, 3.63) is 0 Å². The minimum absolute atomic E-state index is 0.443. The topological polar surface area (TPSA) is 17.1 Å². The Morgan fingerprint density at radius 2 is 1.50 bits per heavy atom. The third kappa shape index (κ3) is 2.59. The van der Waals surface area contributed by atoms with E-state index in [1.165, 1.54) is 57.8 Å². The van der Waals surface area contributed by atoms with Crippen molar-refractivity contribution in [2.45, 2.75) is 64.2 Å². The Bertz CT molecular complexity index is 185. The highest BCUT2D eigenvalue weighted by Crippen LogP contribution is 2.32. The fraction of sp³-hybridized carbons (Fsp3) is 0.923. The van der Waals surface area contributed by atoms with Gasteiger partial charge in [-0.25, -0.2) is 0 Å². The van der Waals surface area contributed by atoms with Gasteiger partial charge in [0.15, 0.2) is 0 Å². The summed E-state index contributed by atoms with van der Waals surface area (Å²) in [4.78, 5) is 12.0. The first-order valence-electron chi connectivity index (χ1n) is 6.39. The summed E-state index contributed by atoms with van der Waals surface area (Å²) in [6.45, 7) is 0. The summed E-state index contributed by atoms with van der Waals surface area (Å²) in [5.74, 6) is 1.81. The molecule has 1 heteroatoms. The first kappa shape index (κ1) is 10.2. The van der Waals surface area contributed by atoms with Crippen LogP contribution in [0, 0.1) is 11.8 Å². The highest BCUT2D eigenvalue weighted by molar-refractivity contribution is 5.81. The number of hydrogen-bond acceptors (Lipinski definition) is 1. The van der Waals surface area contributed by atoms with Crippen LogP contribution in [0.4, 0.5) is 0 Å². The summed E-state index contributed by atoms with van der Waals surface area (Å²) in [6.07, 6.45) is 12.6. The van der Waals surface area contributed by atoms with Gasteiger partial charge in [0.1, 0.15) is 5.78 Å². The minimum Gasteiger partial charge on any atom is -0.299 e. The van der Waals surface area contributed by atoms with Crippen LogP contribution < -0.4 is 0 Å². The summed E-state index contributed by atoms with van der Waals surface area (Å²) in [5.41, 5.74) is 0. The van der Waals surface area contributed by atoms with Gasteiger partial charge in [-0.05, 0) is 18.8 Å². The van der Waals surface area contributed by atoms with Crippen molar-refractivity contribution in [1.29, 1.82) is 0 Å². The van der Waals surface area contributed by atoms with Gasteiger partial charge < -0.3 is 0 Å². The highest BCUT2D eigenvalue weighted by Gasteiger charge is 2.25. The van der Waals surface area contributed by atoms with Crippen molar-refractivity contribution in [2.75, 3.05) is 0 Å². The lowest BCUT2D eigenvalue weighted by Gasteiger charge is -2.26. The maximum atomic E-state index is 12.0. The molecule has 2 saturated carbocycles. The lowest BCUT2D eigenvalue weighted by atomic mass is 9.79. The summed E-state index contributed by atoms with van der Waals surface area (Å²) in [7, 11) is 0. The van der Waals surface area contributed by atoms with Crippen molar-refractivity contribution >= 4 is 5.78 Å². The molecule has 1 nitrogen and oxygen atoms in total. The molecule has 0 aromatic carbocycles. The first-order chi connectivity index (χ1) is 6.86. The number of carbonyl (C=O) groups excluding carboxylic acids is 1. The molecule has 0 bridgehead atoms. The molecule has 0 saturated heterocycles. The van der Waals surface area contributed by atoms with Gasteiger partial charge in [0.2, 0.25) is 0 Å². The van der Waals surface area contributed by atoms with Crippen molar-refractivity contribution < 1.29 is 4.79 Å². The van der Waals surface area contributed by atoms with Gasteiger partial charge in [0, 0.05) is 12.3 Å². The molecule has 0 atom stereocenters. The number of hydrogen-bond donors (Lipinski definition) is 0. The summed E-state index contributed by atoms with van der Waals surface area (Å²) in [6, 6.07) is 0. The van der Waals surface area contributed by atoms with E-state index in [-0.39, 0.29) is 0 Å². The Balaban J connectivity index is 1.76. The lowest BCUT2D eigenvalue weighted by Crippen LogP contribution is -2.21. The molecule has 0 radical (unpaired) electrons. The molecule has 0 unspecified atom stereocenters. The zero-order valence-electron chi connectivity index (χ0n) is 9.13. The van der Waals surface area contributed by atoms with Gasteiger partial charge in [0.05, 0.1) is 0 Å². The average molecular weight is 194 g/mol. The number of Topliss-reactive ketones (excluding diaryl/α,β-unsaturated/α-hetero) is 1. The minimum atomic E-state index is 0.443. The van der Waals surface area contributed by atoms with Gasteiger partial charge in [-0.15, -0.1) is 0 Å². The smallest absolute Gasteiger partial charge is 0.136 e. The number of ketones is 1. The van der Waals surface area contributed by atoms with E-state index in [9.17, 15) is 4.79 Å². The molecule has 14 heavy (non-hydrogen) atoms. The van der Waals surface area contributed by atoms with Crippen LogP contribution in [0.2, 0.25) is 0 Å². The summed E-state index contributed by atoms with van der Waals surface area (Å²) < 4.78 is 0. The third-order valence-corrected chi connectivity index (χ3v) is 4.03. The molecular weight excluding hydrogens is 172 g/mol. The van der Waals surface area contributed by atoms with Crippen molar-refractivity contribution in [3.8, 4) is 0 Å². The second kappa shape index (κ2) is 4.95. The highest BCUT2D eigenvalue weighted by atomic mass is 16.1. The van der Waals surface area contributed by atoms with Gasteiger partial charge in [-0.3, -0.25) is 4.79 Å². The van der Waals surface area contributed by atoms with Crippen molar-refractivity contribution in [2.24, 2.45) is 11.8 Å². The predicted octanol–water partition coefficient (Wildman–Crippen LogP) is 3.72. The Morgan fingerprint density at radius 3 is 2.00 bits per heavy atom. The molecule has 2 aliphatic carbocycles. The van der Waals surface area contributed by atoms with Crippen LogP contribution in [-0.2, 0) is 4.79 Å². The van der Waals surface area contributed by atoms with E-state index in [1.54, 1.807) is 0 Å². The van der Waals surface area contributed by atoms with Gasteiger partial charge in [-0.1, -0.05) is 44.9 Å². The maximum absolute atomic E-state index is 12.0. The van der Waals surface area contributed by atoms with E-state index in [2.05, 4.69) is 0 Å². The molecule has 80 valence electrons. The molecule has 0 spiro atoms. The molecule has 0 aliphatic heterocycles. The summed E-state index contributed by atoms with van der Waals surface area (Å²) in [5, 5.41) is 0. The Hall–Kier alpha value is -0.330. The second-order valence-corrected chi connectivity index (χ2v) is 5.16. The van der Waals surface area contributed by atoms with Crippen LogP contribution in [0.1, 0.15) is 64.2 Å². The Morgan fingerprint density at radius 1 is 0.857 bits per heavy atom. The first-order valence-corrected chi connectivity index (χ1v) is 6.39. The summed E-state index contributed by atoms with van der Waals surface area (Å²) >= 11 is 0. The molecule has 0 aromatic rings. The fourth-order valence-electron chi connectivity index (χ4n) is 2.75. The molecule has 2 aliphatic rings. The van der Waals surface area contributed by atoms with Crippen LogP contribution in [0.15, 0.2) is 0 Å². The van der Waals surface area contributed by atoms with Gasteiger partial charge in [-0.2, -0.15) is 0 Å². The maximum Gasteiger partial charge on any atom is 0.136 e. The van der Waals surface area contributed by atoms with E-state index in [0.29, 0.717) is 11.7 Å². The van der Waals surface area contributed by atoms with Crippen molar-refractivity contribution in [3.63, 3.8) is 0 Å². The van der Waals surface area contributed by atoms with E-state index in [0.717, 1.165) is 12.3 Å². The zero-order chi connectivity index (χ0) is 9.80. The van der Waals surface area contributed by atoms with E-state index in [1.807, 2.05) is 0 Å². The molecule has 0 aromatic heterocycles. The monoisotopic (exact) mass is 194 g/mol. The van der Waals surface area contributed by atoms with E-state index in [4.69, 9.17) is 0 Å².